The third kappa shape index (κ3) is 2.12. The summed E-state index contributed by atoms with van der Waals surface area (Å²) in [5, 5.41) is 4.36. The highest BCUT2D eigenvalue weighted by Gasteiger charge is 2.35. The molecule has 0 saturated carbocycles. The molecule has 2 heterocycles. The van der Waals surface area contributed by atoms with Crippen LogP contribution >= 0.6 is 0 Å². The Hall–Kier alpha value is -2.50. The molecule has 2 aromatic rings. The van der Waals surface area contributed by atoms with Gasteiger partial charge >= 0.3 is 0 Å². The number of hydrogen-bond acceptors (Lipinski definition) is 4. The molecule has 108 valence electrons. The maximum atomic E-state index is 12.3. The molecule has 0 unspecified atom stereocenters. The van der Waals surface area contributed by atoms with E-state index in [0.717, 1.165) is 5.82 Å². The molecule has 0 fully saturated rings. The quantitative estimate of drug-likeness (QED) is 0.808. The van der Waals surface area contributed by atoms with Crippen molar-refractivity contribution in [2.24, 2.45) is 0 Å². The van der Waals surface area contributed by atoms with Crippen molar-refractivity contribution in [3.8, 4) is 0 Å². The van der Waals surface area contributed by atoms with Crippen molar-refractivity contribution in [2.45, 2.75) is 33.4 Å². The first-order chi connectivity index (χ1) is 9.99. The Morgan fingerprint density at radius 1 is 1.10 bits per heavy atom. The van der Waals surface area contributed by atoms with E-state index in [2.05, 4.69) is 10.1 Å². The zero-order chi connectivity index (χ0) is 15.1. The molecule has 3 rings (SSSR count). The summed E-state index contributed by atoms with van der Waals surface area (Å²) in [5.41, 5.74) is 0.894. The average molecular weight is 284 g/mol. The fourth-order valence-electron chi connectivity index (χ4n) is 2.54. The molecule has 0 aliphatic carbocycles. The van der Waals surface area contributed by atoms with Gasteiger partial charge in [-0.05, 0) is 32.9 Å². The SMILES string of the molecule is Cc1nc(CN2C(=O)c3ccccc3C2=O)nn1C(C)C. The minimum Gasteiger partial charge on any atom is -0.269 e. The number of hydrogen-bond donors (Lipinski definition) is 0. The summed E-state index contributed by atoms with van der Waals surface area (Å²) in [4.78, 5) is 30.1. The van der Waals surface area contributed by atoms with Crippen molar-refractivity contribution in [1.82, 2.24) is 19.7 Å². The van der Waals surface area contributed by atoms with Crippen molar-refractivity contribution in [3.05, 3.63) is 47.0 Å². The summed E-state index contributed by atoms with van der Waals surface area (Å²) in [7, 11) is 0. The van der Waals surface area contributed by atoms with E-state index in [-0.39, 0.29) is 24.4 Å². The number of imide groups is 1. The number of carbonyl (C=O) groups excluding carboxylic acids is 2. The standard InChI is InChI=1S/C15H16N4O2/c1-9(2)19-10(3)16-13(17-19)8-18-14(20)11-6-4-5-7-12(11)15(18)21/h4-7,9H,8H2,1-3H3. The Balaban J connectivity index is 1.89. The predicted octanol–water partition coefficient (Wildman–Crippen LogP) is 1.96. The zero-order valence-electron chi connectivity index (χ0n) is 12.2. The molecule has 0 N–H and O–H groups in total. The van der Waals surface area contributed by atoms with Crippen molar-refractivity contribution < 1.29 is 9.59 Å². The van der Waals surface area contributed by atoms with Crippen LogP contribution in [0.4, 0.5) is 0 Å². The number of nitrogens with zero attached hydrogens (tertiary/aromatic N) is 4. The van der Waals surface area contributed by atoms with Crippen molar-refractivity contribution in [3.63, 3.8) is 0 Å². The van der Waals surface area contributed by atoms with Crippen LogP contribution in [-0.2, 0) is 6.54 Å². The lowest BCUT2D eigenvalue weighted by Gasteiger charge is -2.11. The van der Waals surface area contributed by atoms with Gasteiger partial charge < -0.3 is 0 Å². The van der Waals surface area contributed by atoms with Crippen LogP contribution in [0.1, 0.15) is 52.3 Å². The van der Waals surface area contributed by atoms with Crippen LogP contribution in [0, 0.1) is 6.92 Å². The molecule has 21 heavy (non-hydrogen) atoms. The molecule has 1 aliphatic rings. The van der Waals surface area contributed by atoms with Crippen molar-refractivity contribution >= 4 is 11.8 Å². The predicted molar refractivity (Wildman–Crippen MR) is 75.8 cm³/mol. The highest BCUT2D eigenvalue weighted by Crippen LogP contribution is 2.23. The minimum absolute atomic E-state index is 0.104. The summed E-state index contributed by atoms with van der Waals surface area (Å²) < 4.78 is 1.79. The van der Waals surface area contributed by atoms with Crippen molar-refractivity contribution in [2.75, 3.05) is 0 Å². The monoisotopic (exact) mass is 284 g/mol. The van der Waals surface area contributed by atoms with E-state index in [0.29, 0.717) is 17.0 Å². The lowest BCUT2D eigenvalue weighted by Crippen LogP contribution is -2.29. The van der Waals surface area contributed by atoms with E-state index in [9.17, 15) is 9.59 Å². The smallest absolute Gasteiger partial charge is 0.261 e. The molecule has 2 amide bonds. The molecular weight excluding hydrogens is 268 g/mol. The first kappa shape index (κ1) is 13.5. The van der Waals surface area contributed by atoms with Crippen LogP contribution < -0.4 is 0 Å². The molecule has 1 aliphatic heterocycles. The molecule has 0 saturated heterocycles. The lowest BCUT2D eigenvalue weighted by molar-refractivity contribution is 0.0638. The largest absolute Gasteiger partial charge is 0.269 e. The van der Waals surface area contributed by atoms with Gasteiger partial charge in [-0.1, -0.05) is 12.1 Å². The number of rotatable bonds is 3. The van der Waals surface area contributed by atoms with Gasteiger partial charge in [0.25, 0.3) is 11.8 Å². The molecule has 0 atom stereocenters. The fourth-order valence-corrected chi connectivity index (χ4v) is 2.54. The Morgan fingerprint density at radius 3 is 2.14 bits per heavy atom. The second kappa shape index (κ2) is 4.80. The number of carbonyl (C=O) groups is 2. The molecule has 0 radical (unpaired) electrons. The number of aryl methyl sites for hydroxylation is 1. The van der Waals surface area contributed by atoms with Gasteiger partial charge in [0.05, 0.1) is 17.7 Å². The normalized spacial score (nSPS) is 14.2. The molecule has 0 bridgehead atoms. The van der Waals surface area contributed by atoms with Gasteiger partial charge in [0.15, 0.2) is 5.82 Å². The van der Waals surface area contributed by atoms with Crippen LogP contribution in [-0.4, -0.2) is 31.5 Å². The van der Waals surface area contributed by atoms with Gasteiger partial charge in [-0.25, -0.2) is 9.67 Å². The molecule has 1 aromatic heterocycles. The molecular formula is C15H16N4O2. The molecule has 6 nitrogen and oxygen atoms in total. The van der Waals surface area contributed by atoms with Crippen LogP contribution in [0.3, 0.4) is 0 Å². The topological polar surface area (TPSA) is 68.1 Å². The maximum Gasteiger partial charge on any atom is 0.261 e. The van der Waals surface area contributed by atoms with Gasteiger partial charge in [0.2, 0.25) is 0 Å². The second-order valence-electron chi connectivity index (χ2n) is 5.36. The molecule has 1 aromatic carbocycles. The van der Waals surface area contributed by atoms with E-state index >= 15 is 0 Å². The molecule has 6 heteroatoms. The lowest BCUT2D eigenvalue weighted by atomic mass is 10.1. The van der Waals surface area contributed by atoms with Gasteiger partial charge in [-0.3, -0.25) is 14.5 Å². The average Bonchev–Trinajstić information content (AvgIpc) is 2.94. The summed E-state index contributed by atoms with van der Waals surface area (Å²) >= 11 is 0. The number of amides is 2. The fraction of sp³-hybridized carbons (Fsp3) is 0.333. The van der Waals surface area contributed by atoms with Crippen molar-refractivity contribution in [1.29, 1.82) is 0 Å². The number of aromatic nitrogens is 3. The first-order valence-electron chi connectivity index (χ1n) is 6.86. The Labute approximate surface area is 122 Å². The summed E-state index contributed by atoms with van der Waals surface area (Å²) in [6.07, 6.45) is 0. The Morgan fingerprint density at radius 2 is 1.67 bits per heavy atom. The van der Waals surface area contributed by atoms with Gasteiger partial charge in [-0.15, -0.1) is 0 Å². The summed E-state index contributed by atoms with van der Waals surface area (Å²) in [6, 6.07) is 7.03. The maximum absolute atomic E-state index is 12.3. The number of benzene rings is 1. The van der Waals surface area contributed by atoms with E-state index in [1.807, 2.05) is 20.8 Å². The summed E-state index contributed by atoms with van der Waals surface area (Å²) in [5.74, 6) is 0.690. The van der Waals surface area contributed by atoms with E-state index in [1.165, 1.54) is 4.90 Å². The van der Waals surface area contributed by atoms with Crippen LogP contribution in [0.5, 0.6) is 0 Å². The Kier molecular flexibility index (Phi) is 3.08. The highest BCUT2D eigenvalue weighted by molar-refractivity contribution is 6.21. The number of fused-ring (bicyclic) bond motifs is 1. The second-order valence-corrected chi connectivity index (χ2v) is 5.36. The summed E-state index contributed by atoms with van der Waals surface area (Å²) in [6.45, 7) is 5.98. The van der Waals surface area contributed by atoms with Crippen LogP contribution in [0.15, 0.2) is 24.3 Å². The van der Waals surface area contributed by atoms with Crippen LogP contribution in [0.25, 0.3) is 0 Å². The van der Waals surface area contributed by atoms with E-state index in [1.54, 1.807) is 28.9 Å². The molecule has 0 spiro atoms. The highest BCUT2D eigenvalue weighted by atomic mass is 16.2. The van der Waals surface area contributed by atoms with Gasteiger partial charge in [0, 0.05) is 6.04 Å². The van der Waals surface area contributed by atoms with E-state index in [4.69, 9.17) is 0 Å². The zero-order valence-corrected chi connectivity index (χ0v) is 12.2. The van der Waals surface area contributed by atoms with Crippen LogP contribution in [0.2, 0.25) is 0 Å². The third-order valence-electron chi connectivity index (χ3n) is 3.51. The minimum atomic E-state index is -0.283. The third-order valence-corrected chi connectivity index (χ3v) is 3.51. The Bertz CT molecular complexity index is 698. The van der Waals surface area contributed by atoms with Gasteiger partial charge in [0.1, 0.15) is 5.82 Å². The first-order valence-corrected chi connectivity index (χ1v) is 6.86. The van der Waals surface area contributed by atoms with E-state index < -0.39 is 0 Å². The van der Waals surface area contributed by atoms with Gasteiger partial charge in [-0.2, -0.15) is 5.10 Å².